The van der Waals surface area contributed by atoms with Crippen LogP contribution in [0.3, 0.4) is 0 Å². The van der Waals surface area contributed by atoms with Gasteiger partial charge in [0.2, 0.25) is 0 Å². The summed E-state index contributed by atoms with van der Waals surface area (Å²) in [6, 6.07) is 6.14. The van der Waals surface area contributed by atoms with Gasteiger partial charge in [0, 0.05) is 5.02 Å². The van der Waals surface area contributed by atoms with E-state index in [0.717, 1.165) is 12.1 Å². The Kier molecular flexibility index (Phi) is 4.40. The third-order valence-corrected chi connectivity index (χ3v) is 4.66. The van der Waals surface area contributed by atoms with Crippen LogP contribution in [-0.2, 0) is 10.0 Å². The molecule has 0 saturated carbocycles. The first-order valence-corrected chi connectivity index (χ1v) is 7.86. The van der Waals surface area contributed by atoms with E-state index in [4.69, 9.17) is 18.0 Å². The van der Waals surface area contributed by atoms with Gasteiger partial charge >= 0.3 is 0 Å². The van der Waals surface area contributed by atoms with Crippen molar-refractivity contribution >= 4 is 27.3 Å². The van der Waals surface area contributed by atoms with Crippen molar-refractivity contribution in [3.05, 3.63) is 58.1 Å². The number of hydrogen-bond donors (Lipinski definition) is 1. The van der Waals surface area contributed by atoms with Crippen LogP contribution in [0.25, 0.3) is 0 Å². The summed E-state index contributed by atoms with van der Waals surface area (Å²) < 4.78 is 54.1. The van der Waals surface area contributed by atoms with Crippen molar-refractivity contribution in [1.82, 2.24) is 0 Å². The maximum Gasteiger partial charge on any atom is 0.262 e. The van der Waals surface area contributed by atoms with Crippen LogP contribution in [-0.4, -0.2) is 8.42 Å². The molecular formula is C15H10ClF2NO2S. The number of rotatable bonds is 3. The fourth-order valence-electron chi connectivity index (χ4n) is 1.83. The summed E-state index contributed by atoms with van der Waals surface area (Å²) in [6.45, 7) is 1.57. The van der Waals surface area contributed by atoms with Gasteiger partial charge in [-0.05, 0) is 36.8 Å². The van der Waals surface area contributed by atoms with E-state index in [2.05, 4.69) is 0 Å². The molecule has 0 aliphatic carbocycles. The first-order valence-electron chi connectivity index (χ1n) is 6.00. The molecule has 3 nitrogen and oxygen atoms in total. The predicted molar refractivity (Wildman–Crippen MR) is 81.3 cm³/mol. The van der Waals surface area contributed by atoms with Gasteiger partial charge in [-0.25, -0.2) is 17.2 Å². The Bertz CT molecular complexity index is 889. The largest absolute Gasteiger partial charge is 0.277 e. The summed E-state index contributed by atoms with van der Waals surface area (Å²) in [4.78, 5) is -0.106. The molecule has 0 unspecified atom stereocenters. The summed E-state index contributed by atoms with van der Waals surface area (Å²) in [5.41, 5.74) is -0.645. The Morgan fingerprint density at radius 3 is 2.55 bits per heavy atom. The molecule has 0 spiro atoms. The minimum Gasteiger partial charge on any atom is -0.277 e. The lowest BCUT2D eigenvalue weighted by Gasteiger charge is -2.12. The molecule has 0 radical (unpaired) electrons. The summed E-state index contributed by atoms with van der Waals surface area (Å²) in [5.74, 6) is -0.246. The van der Waals surface area contributed by atoms with Crippen LogP contribution >= 0.6 is 11.6 Å². The molecule has 2 rings (SSSR count). The molecule has 0 fully saturated rings. The van der Waals surface area contributed by atoms with E-state index in [0.29, 0.717) is 5.56 Å². The molecule has 0 bridgehead atoms. The van der Waals surface area contributed by atoms with Crippen molar-refractivity contribution < 1.29 is 17.2 Å². The van der Waals surface area contributed by atoms with E-state index in [1.54, 1.807) is 6.92 Å². The van der Waals surface area contributed by atoms with Crippen LogP contribution < -0.4 is 4.72 Å². The van der Waals surface area contributed by atoms with E-state index in [1.165, 1.54) is 18.2 Å². The Hall–Kier alpha value is -2.10. The van der Waals surface area contributed by atoms with Crippen molar-refractivity contribution in [1.29, 1.82) is 0 Å². The minimum absolute atomic E-state index is 0.106. The SMILES string of the molecule is C#Cc1c(F)ccc(NS(=O)(=O)c2cc(Cl)ccc2C)c1F. The molecule has 0 aromatic heterocycles. The van der Waals surface area contributed by atoms with Gasteiger partial charge in [0.15, 0.2) is 5.82 Å². The highest BCUT2D eigenvalue weighted by Gasteiger charge is 2.21. The second-order valence-electron chi connectivity index (χ2n) is 4.44. The van der Waals surface area contributed by atoms with Gasteiger partial charge in [-0.2, -0.15) is 0 Å². The van der Waals surface area contributed by atoms with Crippen molar-refractivity contribution in [2.24, 2.45) is 0 Å². The van der Waals surface area contributed by atoms with Crippen molar-refractivity contribution in [3.8, 4) is 12.3 Å². The normalized spacial score (nSPS) is 11.0. The maximum absolute atomic E-state index is 14.0. The van der Waals surface area contributed by atoms with Crippen LogP contribution in [0.1, 0.15) is 11.1 Å². The Morgan fingerprint density at radius 2 is 1.91 bits per heavy atom. The fraction of sp³-hybridized carbons (Fsp3) is 0.0667. The van der Waals surface area contributed by atoms with E-state index in [-0.39, 0.29) is 9.92 Å². The van der Waals surface area contributed by atoms with Gasteiger partial charge < -0.3 is 0 Å². The van der Waals surface area contributed by atoms with Crippen LogP contribution in [0.2, 0.25) is 5.02 Å². The van der Waals surface area contributed by atoms with E-state index in [1.807, 2.05) is 10.6 Å². The molecule has 0 heterocycles. The molecule has 2 aromatic carbocycles. The zero-order valence-corrected chi connectivity index (χ0v) is 12.9. The Labute approximate surface area is 132 Å². The second-order valence-corrected chi connectivity index (χ2v) is 6.53. The number of aryl methyl sites for hydroxylation is 1. The molecule has 0 aliphatic heterocycles. The van der Waals surface area contributed by atoms with Crippen LogP contribution in [0.15, 0.2) is 35.2 Å². The molecule has 0 aliphatic rings. The lowest BCUT2D eigenvalue weighted by Crippen LogP contribution is -2.16. The first kappa shape index (κ1) is 16.3. The number of halogens is 3. The Balaban J connectivity index is 2.51. The second kappa shape index (κ2) is 5.95. The molecule has 114 valence electrons. The summed E-state index contributed by atoms with van der Waals surface area (Å²) in [5, 5.41) is 0.217. The van der Waals surface area contributed by atoms with Gasteiger partial charge in [0.1, 0.15) is 5.82 Å². The van der Waals surface area contributed by atoms with Crippen LogP contribution in [0.4, 0.5) is 14.5 Å². The maximum atomic E-state index is 14.0. The molecule has 1 N–H and O–H groups in total. The van der Waals surface area contributed by atoms with E-state index in [9.17, 15) is 17.2 Å². The highest BCUT2D eigenvalue weighted by atomic mass is 35.5. The van der Waals surface area contributed by atoms with Gasteiger partial charge in [-0.15, -0.1) is 6.42 Å². The molecule has 22 heavy (non-hydrogen) atoms. The topological polar surface area (TPSA) is 46.2 Å². The van der Waals surface area contributed by atoms with Gasteiger partial charge in [-0.1, -0.05) is 23.6 Å². The standard InChI is InChI=1S/C15H10ClF2NO2S/c1-3-11-12(17)6-7-13(15(11)18)19-22(20,21)14-8-10(16)5-4-9(14)2/h1,4-8,19H,2H3. The lowest BCUT2D eigenvalue weighted by molar-refractivity contribution is 0.578. The zero-order valence-electron chi connectivity index (χ0n) is 11.3. The van der Waals surface area contributed by atoms with Crippen molar-refractivity contribution in [2.75, 3.05) is 4.72 Å². The molecule has 0 saturated heterocycles. The number of terminal acetylenes is 1. The smallest absolute Gasteiger partial charge is 0.262 e. The lowest BCUT2D eigenvalue weighted by atomic mass is 10.2. The highest BCUT2D eigenvalue weighted by Crippen LogP contribution is 2.26. The average Bonchev–Trinajstić information content (AvgIpc) is 2.45. The van der Waals surface area contributed by atoms with Crippen molar-refractivity contribution in [2.45, 2.75) is 11.8 Å². The number of sulfonamides is 1. The molecule has 7 heteroatoms. The molecular weight excluding hydrogens is 332 g/mol. The highest BCUT2D eigenvalue weighted by molar-refractivity contribution is 7.92. The van der Waals surface area contributed by atoms with Gasteiger partial charge in [-0.3, -0.25) is 4.72 Å². The average molecular weight is 342 g/mol. The minimum atomic E-state index is -4.09. The quantitative estimate of drug-likeness (QED) is 0.865. The zero-order chi connectivity index (χ0) is 16.5. The number of hydrogen-bond acceptors (Lipinski definition) is 2. The summed E-state index contributed by atoms with van der Waals surface area (Å²) >= 11 is 5.78. The van der Waals surface area contributed by atoms with E-state index >= 15 is 0 Å². The number of benzene rings is 2. The van der Waals surface area contributed by atoms with Crippen molar-refractivity contribution in [3.63, 3.8) is 0 Å². The molecule has 0 amide bonds. The molecule has 2 aromatic rings. The predicted octanol–water partition coefficient (Wildman–Crippen LogP) is 3.71. The first-order chi connectivity index (χ1) is 10.3. The van der Waals surface area contributed by atoms with Gasteiger partial charge in [0.25, 0.3) is 10.0 Å². The third kappa shape index (κ3) is 3.06. The summed E-state index contributed by atoms with van der Waals surface area (Å²) in [7, 11) is -4.09. The number of nitrogens with one attached hydrogen (secondary N) is 1. The number of anilines is 1. The summed E-state index contributed by atoms with van der Waals surface area (Å²) in [6.07, 6.45) is 5.01. The Morgan fingerprint density at radius 1 is 1.23 bits per heavy atom. The monoisotopic (exact) mass is 341 g/mol. The van der Waals surface area contributed by atoms with Crippen LogP contribution in [0.5, 0.6) is 0 Å². The molecule has 0 atom stereocenters. The van der Waals surface area contributed by atoms with Crippen LogP contribution in [0, 0.1) is 30.9 Å². The van der Waals surface area contributed by atoms with Gasteiger partial charge in [0.05, 0.1) is 16.1 Å². The third-order valence-electron chi connectivity index (χ3n) is 2.92. The fourth-order valence-corrected chi connectivity index (χ4v) is 3.39. The van der Waals surface area contributed by atoms with E-state index < -0.39 is 32.9 Å².